The maximum Gasteiger partial charge on any atom is 0.235 e. The van der Waals surface area contributed by atoms with Gasteiger partial charge in [-0.3, -0.25) is 4.79 Å². The number of benzene rings is 2. The van der Waals surface area contributed by atoms with Crippen molar-refractivity contribution in [1.82, 2.24) is 4.90 Å². The van der Waals surface area contributed by atoms with Crippen molar-refractivity contribution in [2.45, 2.75) is 17.1 Å². The maximum absolute atomic E-state index is 12.8. The number of methoxy groups -OCH3 is 1. The number of anilines is 1. The zero-order chi connectivity index (χ0) is 17.6. The molecule has 0 spiro atoms. The first-order valence-corrected chi connectivity index (χ1v) is 9.45. The van der Waals surface area contributed by atoms with Crippen molar-refractivity contribution in [2.75, 3.05) is 38.2 Å². The predicted molar refractivity (Wildman–Crippen MR) is 104 cm³/mol. The summed E-state index contributed by atoms with van der Waals surface area (Å²) in [6.07, 6.45) is 0. The molecular formula is C20H24N2O2S. The molecule has 1 aliphatic heterocycles. The summed E-state index contributed by atoms with van der Waals surface area (Å²) in [4.78, 5) is 18.1. The second-order valence-electron chi connectivity index (χ2n) is 6.09. The van der Waals surface area contributed by atoms with E-state index in [-0.39, 0.29) is 11.2 Å². The summed E-state index contributed by atoms with van der Waals surface area (Å²) in [5.74, 6) is 1.03. The molecule has 1 unspecified atom stereocenters. The number of para-hydroxylation sites is 1. The van der Waals surface area contributed by atoms with E-state index in [0.717, 1.165) is 36.8 Å². The van der Waals surface area contributed by atoms with Crippen LogP contribution in [0.5, 0.6) is 5.75 Å². The Bertz CT molecular complexity index is 700. The molecule has 0 radical (unpaired) electrons. The fourth-order valence-electron chi connectivity index (χ4n) is 3.01. The molecule has 2 aromatic rings. The van der Waals surface area contributed by atoms with Gasteiger partial charge in [-0.1, -0.05) is 24.3 Å². The van der Waals surface area contributed by atoms with Gasteiger partial charge in [0.05, 0.1) is 12.4 Å². The number of rotatable bonds is 5. The van der Waals surface area contributed by atoms with Gasteiger partial charge in [-0.05, 0) is 37.3 Å². The van der Waals surface area contributed by atoms with Crippen LogP contribution in [-0.2, 0) is 4.79 Å². The van der Waals surface area contributed by atoms with Gasteiger partial charge in [-0.2, -0.15) is 0 Å². The van der Waals surface area contributed by atoms with Gasteiger partial charge in [0.2, 0.25) is 5.91 Å². The first-order chi connectivity index (χ1) is 12.2. The molecule has 0 aliphatic carbocycles. The molecule has 1 amide bonds. The van der Waals surface area contributed by atoms with E-state index in [9.17, 15) is 4.79 Å². The molecule has 0 N–H and O–H groups in total. The van der Waals surface area contributed by atoms with E-state index in [4.69, 9.17) is 4.74 Å². The van der Waals surface area contributed by atoms with E-state index in [1.54, 1.807) is 18.9 Å². The second kappa shape index (κ2) is 8.30. The molecule has 1 atom stereocenters. The third kappa shape index (κ3) is 4.48. The van der Waals surface area contributed by atoms with Crippen LogP contribution in [0, 0.1) is 0 Å². The number of amides is 1. The quantitative estimate of drug-likeness (QED) is 0.768. The smallest absolute Gasteiger partial charge is 0.235 e. The average molecular weight is 356 g/mol. The standard InChI is InChI=1S/C20H24N2O2S/c1-16(25-19-10-6-9-18(15-19)24-2)20(23)22-13-11-21(12-14-22)17-7-4-3-5-8-17/h3-10,15-16H,11-14H2,1-2H3. The van der Waals surface area contributed by atoms with Gasteiger partial charge in [0.15, 0.2) is 0 Å². The lowest BCUT2D eigenvalue weighted by atomic mass is 10.2. The molecule has 1 heterocycles. The summed E-state index contributed by atoms with van der Waals surface area (Å²) < 4.78 is 5.25. The third-order valence-corrected chi connectivity index (χ3v) is 5.50. The van der Waals surface area contributed by atoms with Crippen LogP contribution in [0.1, 0.15) is 6.92 Å². The number of hydrogen-bond donors (Lipinski definition) is 0. The number of thioether (sulfide) groups is 1. The lowest BCUT2D eigenvalue weighted by Gasteiger charge is -2.37. The van der Waals surface area contributed by atoms with Crippen molar-refractivity contribution < 1.29 is 9.53 Å². The van der Waals surface area contributed by atoms with Gasteiger partial charge in [-0.15, -0.1) is 11.8 Å². The summed E-state index contributed by atoms with van der Waals surface area (Å²) >= 11 is 1.59. The minimum Gasteiger partial charge on any atom is -0.497 e. The van der Waals surface area contributed by atoms with E-state index in [1.165, 1.54) is 5.69 Å². The zero-order valence-corrected chi connectivity index (χ0v) is 15.5. The number of ether oxygens (including phenoxy) is 1. The maximum atomic E-state index is 12.8. The lowest BCUT2D eigenvalue weighted by molar-refractivity contribution is -0.130. The molecule has 0 aromatic heterocycles. The van der Waals surface area contributed by atoms with Crippen molar-refractivity contribution in [3.63, 3.8) is 0 Å². The Kier molecular flexibility index (Phi) is 5.87. The Hall–Kier alpha value is -2.14. The predicted octanol–water partition coefficient (Wildman–Crippen LogP) is 3.52. The Morgan fingerprint density at radius 3 is 2.44 bits per heavy atom. The van der Waals surface area contributed by atoms with Crippen molar-refractivity contribution in [3.8, 4) is 5.75 Å². The third-order valence-electron chi connectivity index (χ3n) is 4.41. The Morgan fingerprint density at radius 2 is 1.76 bits per heavy atom. The lowest BCUT2D eigenvalue weighted by Crippen LogP contribution is -2.50. The minimum absolute atomic E-state index is 0.101. The second-order valence-corrected chi connectivity index (χ2v) is 7.50. The molecule has 4 nitrogen and oxygen atoms in total. The Morgan fingerprint density at radius 1 is 1.04 bits per heavy atom. The molecular weight excluding hydrogens is 332 g/mol. The normalized spacial score (nSPS) is 15.8. The minimum atomic E-state index is -0.101. The number of hydrogen-bond acceptors (Lipinski definition) is 4. The Labute approximate surface area is 153 Å². The summed E-state index contributed by atoms with van der Waals surface area (Å²) in [5, 5.41) is -0.101. The van der Waals surface area contributed by atoms with Crippen LogP contribution in [0.4, 0.5) is 5.69 Å². The molecule has 2 aromatic carbocycles. The summed E-state index contributed by atoms with van der Waals surface area (Å²) in [6, 6.07) is 18.3. The van der Waals surface area contributed by atoms with Crippen LogP contribution in [0.25, 0.3) is 0 Å². The van der Waals surface area contributed by atoms with Crippen molar-refractivity contribution in [2.24, 2.45) is 0 Å². The monoisotopic (exact) mass is 356 g/mol. The topological polar surface area (TPSA) is 32.8 Å². The van der Waals surface area contributed by atoms with Crippen LogP contribution in [0.3, 0.4) is 0 Å². The highest BCUT2D eigenvalue weighted by molar-refractivity contribution is 8.00. The highest BCUT2D eigenvalue weighted by atomic mass is 32.2. The summed E-state index contributed by atoms with van der Waals surface area (Å²) in [7, 11) is 1.66. The number of piperazine rings is 1. The van der Waals surface area contributed by atoms with Gasteiger partial charge >= 0.3 is 0 Å². The SMILES string of the molecule is COc1cccc(SC(C)C(=O)N2CCN(c3ccccc3)CC2)c1. The van der Waals surface area contributed by atoms with Crippen LogP contribution < -0.4 is 9.64 Å². The van der Waals surface area contributed by atoms with E-state index < -0.39 is 0 Å². The molecule has 0 saturated carbocycles. The largest absolute Gasteiger partial charge is 0.497 e. The van der Waals surface area contributed by atoms with Crippen LogP contribution in [0.2, 0.25) is 0 Å². The molecule has 0 bridgehead atoms. The van der Waals surface area contributed by atoms with Crippen molar-refractivity contribution in [3.05, 3.63) is 54.6 Å². The van der Waals surface area contributed by atoms with Gasteiger partial charge in [0.1, 0.15) is 5.75 Å². The number of carbonyl (C=O) groups is 1. The van der Waals surface area contributed by atoms with Crippen LogP contribution in [0.15, 0.2) is 59.5 Å². The van der Waals surface area contributed by atoms with Crippen molar-refractivity contribution in [1.29, 1.82) is 0 Å². The number of nitrogens with zero attached hydrogens (tertiary/aromatic N) is 2. The first kappa shape index (κ1) is 17.7. The van der Waals surface area contributed by atoms with E-state index in [2.05, 4.69) is 29.2 Å². The van der Waals surface area contributed by atoms with E-state index in [1.807, 2.05) is 42.2 Å². The molecule has 1 fully saturated rings. The van der Waals surface area contributed by atoms with Crippen molar-refractivity contribution >= 4 is 23.4 Å². The fraction of sp³-hybridized carbons (Fsp3) is 0.350. The number of carbonyl (C=O) groups excluding carboxylic acids is 1. The van der Waals surface area contributed by atoms with E-state index in [0.29, 0.717) is 0 Å². The van der Waals surface area contributed by atoms with Gasteiger partial charge in [0, 0.05) is 36.8 Å². The van der Waals surface area contributed by atoms with Crippen LogP contribution >= 0.6 is 11.8 Å². The fourth-order valence-corrected chi connectivity index (χ4v) is 4.01. The molecule has 1 aliphatic rings. The average Bonchev–Trinajstić information content (AvgIpc) is 2.68. The summed E-state index contributed by atoms with van der Waals surface area (Å²) in [5.41, 5.74) is 1.23. The van der Waals surface area contributed by atoms with Crippen LogP contribution in [-0.4, -0.2) is 49.3 Å². The van der Waals surface area contributed by atoms with Gasteiger partial charge in [0.25, 0.3) is 0 Å². The highest BCUT2D eigenvalue weighted by Crippen LogP contribution is 2.28. The first-order valence-electron chi connectivity index (χ1n) is 8.57. The zero-order valence-electron chi connectivity index (χ0n) is 14.7. The summed E-state index contributed by atoms with van der Waals surface area (Å²) in [6.45, 7) is 5.29. The molecule has 25 heavy (non-hydrogen) atoms. The van der Waals surface area contributed by atoms with Gasteiger partial charge < -0.3 is 14.5 Å². The highest BCUT2D eigenvalue weighted by Gasteiger charge is 2.25. The van der Waals surface area contributed by atoms with Gasteiger partial charge in [-0.25, -0.2) is 0 Å². The molecule has 3 rings (SSSR count). The van der Waals surface area contributed by atoms with E-state index >= 15 is 0 Å². The Balaban J connectivity index is 1.54. The molecule has 132 valence electrons. The molecule has 5 heteroatoms. The molecule has 1 saturated heterocycles.